The molecule has 1 saturated heterocycles. The average Bonchev–Trinajstić information content (AvgIpc) is 2.53. The molecule has 0 aromatic heterocycles. The molecular weight excluding hydrogens is 302 g/mol. The first-order valence-electron chi connectivity index (χ1n) is 7.42. The highest BCUT2D eigenvalue weighted by atomic mass is 35.5. The van der Waals surface area contributed by atoms with Crippen molar-refractivity contribution in [2.45, 2.75) is 25.3 Å². The van der Waals surface area contributed by atoms with Gasteiger partial charge in [0.15, 0.2) is 0 Å². The summed E-state index contributed by atoms with van der Waals surface area (Å²) >= 11 is 0. The minimum atomic E-state index is -0.344. The van der Waals surface area contributed by atoms with Crippen molar-refractivity contribution in [2.75, 3.05) is 32.1 Å². The molecule has 0 spiro atoms. The van der Waals surface area contributed by atoms with E-state index >= 15 is 0 Å². The monoisotopic (exact) mass is 325 g/mol. The number of benzene rings is 1. The number of halogens is 1. The molecule has 1 atom stereocenters. The number of rotatable bonds is 5. The highest BCUT2D eigenvalue weighted by Gasteiger charge is 2.34. The number of nitrogens with zero attached hydrogens (tertiary/aromatic N) is 2. The zero-order chi connectivity index (χ0) is 15.2. The van der Waals surface area contributed by atoms with Crippen LogP contribution in [0.4, 0.5) is 5.69 Å². The first-order chi connectivity index (χ1) is 10.1. The van der Waals surface area contributed by atoms with E-state index in [0.717, 1.165) is 25.1 Å². The number of anilines is 1. The number of para-hydroxylation sites is 1. The number of hydrogen-bond acceptors (Lipinski definition) is 3. The van der Waals surface area contributed by atoms with Gasteiger partial charge < -0.3 is 15.1 Å². The van der Waals surface area contributed by atoms with Crippen molar-refractivity contribution in [3.63, 3.8) is 0 Å². The van der Waals surface area contributed by atoms with Crippen LogP contribution in [-0.4, -0.2) is 49.9 Å². The van der Waals surface area contributed by atoms with Crippen LogP contribution >= 0.6 is 12.4 Å². The van der Waals surface area contributed by atoms with Crippen molar-refractivity contribution in [3.05, 3.63) is 30.3 Å². The van der Waals surface area contributed by atoms with Crippen molar-refractivity contribution < 1.29 is 9.59 Å². The Morgan fingerprint density at radius 2 is 2.05 bits per heavy atom. The SMILES string of the molecule is CNCCC(=O)N(C)C1CCCN(c2ccccc2)C1=O.Cl. The summed E-state index contributed by atoms with van der Waals surface area (Å²) in [5, 5.41) is 2.96. The number of hydrogen-bond donors (Lipinski definition) is 1. The molecule has 1 aromatic carbocycles. The molecule has 1 fully saturated rings. The molecule has 2 rings (SSSR count). The van der Waals surface area contributed by atoms with Gasteiger partial charge >= 0.3 is 0 Å². The van der Waals surface area contributed by atoms with E-state index in [0.29, 0.717) is 13.0 Å². The quantitative estimate of drug-likeness (QED) is 0.896. The molecular formula is C16H24ClN3O2. The van der Waals surface area contributed by atoms with Gasteiger partial charge in [0.25, 0.3) is 0 Å². The van der Waals surface area contributed by atoms with Gasteiger partial charge in [-0.3, -0.25) is 9.59 Å². The fourth-order valence-electron chi connectivity index (χ4n) is 2.66. The summed E-state index contributed by atoms with van der Waals surface area (Å²) in [4.78, 5) is 28.2. The Hall–Kier alpha value is -1.59. The van der Waals surface area contributed by atoms with Gasteiger partial charge in [0.1, 0.15) is 6.04 Å². The molecule has 0 bridgehead atoms. The number of amides is 2. The van der Waals surface area contributed by atoms with Gasteiger partial charge in [0, 0.05) is 32.2 Å². The van der Waals surface area contributed by atoms with E-state index in [1.807, 2.05) is 37.4 Å². The van der Waals surface area contributed by atoms with Gasteiger partial charge in [-0.25, -0.2) is 0 Å². The summed E-state index contributed by atoms with van der Waals surface area (Å²) in [6.07, 6.45) is 2.07. The first-order valence-corrected chi connectivity index (χ1v) is 7.42. The van der Waals surface area contributed by atoms with E-state index in [1.165, 1.54) is 0 Å². The molecule has 1 heterocycles. The maximum Gasteiger partial charge on any atom is 0.249 e. The normalized spacial score (nSPS) is 17.8. The number of carbonyl (C=O) groups is 2. The van der Waals surface area contributed by atoms with E-state index in [4.69, 9.17) is 0 Å². The maximum atomic E-state index is 12.7. The topological polar surface area (TPSA) is 52.7 Å². The van der Waals surface area contributed by atoms with Crippen molar-refractivity contribution >= 4 is 29.9 Å². The number of nitrogens with one attached hydrogen (secondary N) is 1. The summed E-state index contributed by atoms with van der Waals surface area (Å²) in [5.41, 5.74) is 0.906. The van der Waals surface area contributed by atoms with E-state index in [-0.39, 0.29) is 30.3 Å². The van der Waals surface area contributed by atoms with E-state index < -0.39 is 0 Å². The molecule has 22 heavy (non-hydrogen) atoms. The zero-order valence-electron chi connectivity index (χ0n) is 13.1. The van der Waals surface area contributed by atoms with E-state index in [2.05, 4.69) is 5.32 Å². The Kier molecular flexibility index (Phi) is 7.35. The number of carbonyl (C=O) groups excluding carboxylic acids is 2. The molecule has 0 saturated carbocycles. The lowest BCUT2D eigenvalue weighted by atomic mass is 10.0. The third-order valence-electron chi connectivity index (χ3n) is 3.93. The van der Waals surface area contributed by atoms with Crippen molar-refractivity contribution in [3.8, 4) is 0 Å². The first kappa shape index (κ1) is 18.5. The second-order valence-corrected chi connectivity index (χ2v) is 5.34. The van der Waals surface area contributed by atoms with Crippen LogP contribution in [0.3, 0.4) is 0 Å². The molecule has 6 heteroatoms. The lowest BCUT2D eigenvalue weighted by Crippen LogP contribution is -2.53. The second kappa shape index (κ2) is 8.76. The average molecular weight is 326 g/mol. The van der Waals surface area contributed by atoms with Crippen molar-refractivity contribution in [2.24, 2.45) is 0 Å². The predicted molar refractivity (Wildman–Crippen MR) is 90.4 cm³/mol. The van der Waals surface area contributed by atoms with Crippen LogP contribution in [0.2, 0.25) is 0 Å². The highest BCUT2D eigenvalue weighted by Crippen LogP contribution is 2.23. The third kappa shape index (κ3) is 4.21. The molecule has 1 aliphatic rings. The summed E-state index contributed by atoms with van der Waals surface area (Å²) in [6.45, 7) is 1.35. The maximum absolute atomic E-state index is 12.7. The number of piperidine rings is 1. The Labute approximate surface area is 138 Å². The molecule has 1 N–H and O–H groups in total. The van der Waals surface area contributed by atoms with Crippen molar-refractivity contribution in [1.82, 2.24) is 10.2 Å². The largest absolute Gasteiger partial charge is 0.334 e. The molecule has 2 amide bonds. The smallest absolute Gasteiger partial charge is 0.249 e. The molecule has 1 unspecified atom stereocenters. The molecule has 1 aliphatic heterocycles. The fourth-order valence-corrected chi connectivity index (χ4v) is 2.66. The van der Waals surface area contributed by atoms with Gasteiger partial charge in [0.2, 0.25) is 11.8 Å². The summed E-state index contributed by atoms with van der Waals surface area (Å²) < 4.78 is 0. The molecule has 5 nitrogen and oxygen atoms in total. The van der Waals surface area contributed by atoms with Crippen LogP contribution in [-0.2, 0) is 9.59 Å². The van der Waals surface area contributed by atoms with Crippen LogP contribution in [0, 0.1) is 0 Å². The summed E-state index contributed by atoms with van der Waals surface area (Å²) in [7, 11) is 3.55. The van der Waals surface area contributed by atoms with Gasteiger partial charge in [-0.2, -0.15) is 0 Å². The second-order valence-electron chi connectivity index (χ2n) is 5.34. The van der Waals surface area contributed by atoms with Gasteiger partial charge in [-0.05, 0) is 32.0 Å². The lowest BCUT2D eigenvalue weighted by molar-refractivity contribution is -0.138. The Bertz CT molecular complexity index is 495. The molecule has 0 aliphatic carbocycles. The molecule has 122 valence electrons. The fraction of sp³-hybridized carbons (Fsp3) is 0.500. The minimum absolute atomic E-state index is 0. The van der Waals surface area contributed by atoms with Crippen molar-refractivity contribution in [1.29, 1.82) is 0 Å². The molecule has 1 aromatic rings. The van der Waals surface area contributed by atoms with Gasteiger partial charge in [0.05, 0.1) is 0 Å². The van der Waals surface area contributed by atoms with Crippen LogP contribution in [0.15, 0.2) is 30.3 Å². The Morgan fingerprint density at radius 1 is 1.36 bits per heavy atom. The third-order valence-corrected chi connectivity index (χ3v) is 3.93. The number of likely N-dealkylation sites (N-methyl/N-ethyl adjacent to an activating group) is 1. The van der Waals surface area contributed by atoms with Gasteiger partial charge in [-0.1, -0.05) is 18.2 Å². The lowest BCUT2D eigenvalue weighted by Gasteiger charge is -2.36. The van der Waals surface area contributed by atoms with E-state index in [9.17, 15) is 9.59 Å². The summed E-state index contributed by atoms with van der Waals surface area (Å²) in [5.74, 6) is 0.0327. The molecule has 0 radical (unpaired) electrons. The van der Waals surface area contributed by atoms with E-state index in [1.54, 1.807) is 16.8 Å². The zero-order valence-corrected chi connectivity index (χ0v) is 13.9. The van der Waals surface area contributed by atoms with Crippen LogP contribution in [0.5, 0.6) is 0 Å². The van der Waals surface area contributed by atoms with Crippen LogP contribution < -0.4 is 10.2 Å². The minimum Gasteiger partial charge on any atom is -0.334 e. The predicted octanol–water partition coefficient (Wildman–Crippen LogP) is 1.67. The Morgan fingerprint density at radius 3 is 2.68 bits per heavy atom. The highest BCUT2D eigenvalue weighted by molar-refractivity contribution is 5.99. The Balaban J connectivity index is 0.00000242. The standard InChI is InChI=1S/C16H23N3O2.ClH/c1-17-11-10-15(20)18(2)14-9-6-12-19(16(14)21)13-7-4-3-5-8-13;/h3-5,7-8,14,17H,6,9-12H2,1-2H3;1H. The van der Waals surface area contributed by atoms with Crippen LogP contribution in [0.25, 0.3) is 0 Å². The van der Waals surface area contributed by atoms with Gasteiger partial charge in [-0.15, -0.1) is 12.4 Å². The summed E-state index contributed by atoms with van der Waals surface area (Å²) in [6, 6.07) is 9.31. The van der Waals surface area contributed by atoms with Crippen LogP contribution in [0.1, 0.15) is 19.3 Å².